The van der Waals surface area contributed by atoms with E-state index in [0.29, 0.717) is 32.9 Å². The van der Waals surface area contributed by atoms with Crippen LogP contribution in [0, 0.1) is 18.3 Å². The Morgan fingerprint density at radius 1 is 0.939 bits per heavy atom. The summed E-state index contributed by atoms with van der Waals surface area (Å²) < 4.78 is 29.9. The van der Waals surface area contributed by atoms with Gasteiger partial charge in [-0.3, -0.25) is 0 Å². The maximum absolute atomic E-state index is 13.8. The molecular formula is C26H18BrN3O2S. The van der Waals surface area contributed by atoms with Crippen molar-refractivity contribution in [2.24, 2.45) is 0 Å². The standard InChI is InChI=1S/C26H18BrN3O2S/c1-16-6-12-19(13-7-16)33(31,32)30-23-5-3-2-4-20(23)25-24(30)14-21(22(15-28)26(25)29)17-8-10-18(27)11-9-17/h2-14H,29H2,1H3. The van der Waals surface area contributed by atoms with E-state index < -0.39 is 10.0 Å². The molecule has 4 aromatic carbocycles. The van der Waals surface area contributed by atoms with Crippen LogP contribution in [0.3, 0.4) is 0 Å². The lowest BCUT2D eigenvalue weighted by Crippen LogP contribution is -2.13. The quantitative estimate of drug-likeness (QED) is 0.288. The molecule has 2 N–H and O–H groups in total. The van der Waals surface area contributed by atoms with Gasteiger partial charge in [-0.1, -0.05) is 64.0 Å². The predicted molar refractivity (Wildman–Crippen MR) is 135 cm³/mol. The molecule has 1 heterocycles. The van der Waals surface area contributed by atoms with Crippen LogP contribution in [0.1, 0.15) is 11.1 Å². The Hall–Kier alpha value is -3.60. The number of benzene rings is 4. The monoisotopic (exact) mass is 515 g/mol. The van der Waals surface area contributed by atoms with Gasteiger partial charge in [-0.25, -0.2) is 12.4 Å². The van der Waals surface area contributed by atoms with E-state index in [4.69, 9.17) is 5.73 Å². The molecule has 0 aliphatic carbocycles. The van der Waals surface area contributed by atoms with Crippen molar-refractivity contribution in [1.82, 2.24) is 3.97 Å². The molecule has 0 aliphatic heterocycles. The van der Waals surface area contributed by atoms with E-state index in [0.717, 1.165) is 15.6 Å². The van der Waals surface area contributed by atoms with Gasteiger partial charge >= 0.3 is 0 Å². The first kappa shape index (κ1) is 21.3. The molecule has 1 aromatic heterocycles. The maximum atomic E-state index is 13.8. The Balaban J connectivity index is 1.94. The third-order valence-electron chi connectivity index (χ3n) is 5.78. The molecule has 0 unspecified atom stereocenters. The van der Waals surface area contributed by atoms with Gasteiger partial charge in [0.05, 0.1) is 27.2 Å². The zero-order valence-corrected chi connectivity index (χ0v) is 20.0. The highest BCUT2D eigenvalue weighted by Gasteiger charge is 2.26. The van der Waals surface area contributed by atoms with Gasteiger partial charge in [0, 0.05) is 20.8 Å². The minimum Gasteiger partial charge on any atom is -0.397 e. The van der Waals surface area contributed by atoms with E-state index in [1.807, 2.05) is 43.3 Å². The molecule has 0 saturated carbocycles. The number of hydrogen-bond acceptors (Lipinski definition) is 4. The molecular weight excluding hydrogens is 498 g/mol. The van der Waals surface area contributed by atoms with Crippen LogP contribution in [0.5, 0.6) is 0 Å². The summed E-state index contributed by atoms with van der Waals surface area (Å²) in [5.41, 5.74) is 10.4. The molecule has 5 rings (SSSR count). The van der Waals surface area contributed by atoms with Crippen molar-refractivity contribution in [1.29, 1.82) is 5.26 Å². The first-order valence-electron chi connectivity index (χ1n) is 10.2. The number of aromatic nitrogens is 1. The van der Waals surface area contributed by atoms with E-state index in [1.165, 1.54) is 3.97 Å². The molecule has 0 spiro atoms. The summed E-state index contributed by atoms with van der Waals surface area (Å²) in [4.78, 5) is 0.184. The SMILES string of the molecule is Cc1ccc(S(=O)(=O)n2c3ccccc3c3c(N)c(C#N)c(-c4ccc(Br)cc4)cc32)cc1. The van der Waals surface area contributed by atoms with Crippen LogP contribution in [0.25, 0.3) is 32.9 Å². The van der Waals surface area contributed by atoms with E-state index >= 15 is 0 Å². The topological polar surface area (TPSA) is 88.9 Å². The average molecular weight is 516 g/mol. The second kappa shape index (κ2) is 7.77. The van der Waals surface area contributed by atoms with Crippen LogP contribution < -0.4 is 5.73 Å². The van der Waals surface area contributed by atoms with Crippen molar-refractivity contribution >= 4 is 53.4 Å². The van der Waals surface area contributed by atoms with E-state index in [9.17, 15) is 13.7 Å². The highest BCUT2D eigenvalue weighted by molar-refractivity contribution is 9.10. The average Bonchev–Trinajstić information content (AvgIpc) is 3.15. The Morgan fingerprint density at radius 2 is 1.61 bits per heavy atom. The predicted octanol–water partition coefficient (Wildman–Crippen LogP) is 6.22. The fraction of sp³-hybridized carbons (Fsp3) is 0.0385. The summed E-state index contributed by atoms with van der Waals surface area (Å²) in [6.45, 7) is 1.91. The number of nitriles is 1. The van der Waals surface area contributed by atoms with Crippen molar-refractivity contribution in [3.05, 3.63) is 94.5 Å². The number of halogens is 1. The van der Waals surface area contributed by atoms with Gasteiger partial charge in [-0.05, 0) is 48.9 Å². The van der Waals surface area contributed by atoms with Gasteiger partial charge in [0.1, 0.15) is 6.07 Å². The number of para-hydroxylation sites is 1. The van der Waals surface area contributed by atoms with Crippen LogP contribution in [-0.4, -0.2) is 12.4 Å². The van der Waals surface area contributed by atoms with E-state index in [2.05, 4.69) is 22.0 Å². The molecule has 0 aliphatic rings. The highest BCUT2D eigenvalue weighted by atomic mass is 79.9. The Bertz CT molecular complexity index is 1700. The van der Waals surface area contributed by atoms with Gasteiger partial charge in [-0.15, -0.1) is 0 Å². The van der Waals surface area contributed by atoms with Gasteiger partial charge in [0.2, 0.25) is 0 Å². The summed E-state index contributed by atoms with van der Waals surface area (Å²) in [7, 11) is -3.94. The minimum atomic E-state index is -3.94. The van der Waals surface area contributed by atoms with E-state index in [-0.39, 0.29) is 10.6 Å². The van der Waals surface area contributed by atoms with Crippen LogP contribution >= 0.6 is 15.9 Å². The molecule has 33 heavy (non-hydrogen) atoms. The van der Waals surface area contributed by atoms with Gasteiger partial charge < -0.3 is 5.73 Å². The number of fused-ring (bicyclic) bond motifs is 3. The molecule has 162 valence electrons. The molecule has 0 atom stereocenters. The molecule has 5 aromatic rings. The third-order valence-corrected chi connectivity index (χ3v) is 8.05. The number of nitrogen functional groups attached to an aromatic ring is 1. The second-order valence-electron chi connectivity index (χ2n) is 7.83. The normalized spacial score (nSPS) is 11.7. The highest BCUT2D eigenvalue weighted by Crippen LogP contribution is 2.41. The summed E-state index contributed by atoms with van der Waals surface area (Å²) in [6, 6.07) is 25.4. The third kappa shape index (κ3) is 3.30. The Morgan fingerprint density at radius 3 is 2.27 bits per heavy atom. The second-order valence-corrected chi connectivity index (χ2v) is 10.5. The first-order valence-corrected chi connectivity index (χ1v) is 12.4. The molecule has 0 amide bonds. The molecule has 7 heteroatoms. The zero-order valence-electron chi connectivity index (χ0n) is 17.6. The van der Waals surface area contributed by atoms with Gasteiger partial charge in [0.25, 0.3) is 10.0 Å². The summed E-state index contributed by atoms with van der Waals surface area (Å²) in [5.74, 6) is 0. The van der Waals surface area contributed by atoms with Crippen molar-refractivity contribution in [3.8, 4) is 17.2 Å². The summed E-state index contributed by atoms with van der Waals surface area (Å²) in [5, 5.41) is 11.2. The number of rotatable bonds is 3. The summed E-state index contributed by atoms with van der Waals surface area (Å²) in [6.07, 6.45) is 0. The largest absolute Gasteiger partial charge is 0.397 e. The molecule has 0 fully saturated rings. The van der Waals surface area contributed by atoms with Crippen LogP contribution in [0.4, 0.5) is 5.69 Å². The van der Waals surface area contributed by atoms with Gasteiger partial charge in [-0.2, -0.15) is 5.26 Å². The van der Waals surface area contributed by atoms with Crippen molar-refractivity contribution in [2.75, 3.05) is 5.73 Å². The van der Waals surface area contributed by atoms with E-state index in [1.54, 1.807) is 42.5 Å². The van der Waals surface area contributed by atoms with Crippen molar-refractivity contribution < 1.29 is 8.42 Å². The minimum absolute atomic E-state index is 0.184. The lowest BCUT2D eigenvalue weighted by atomic mass is 9.96. The number of nitrogens with zero attached hydrogens (tertiary/aromatic N) is 2. The fourth-order valence-electron chi connectivity index (χ4n) is 4.18. The van der Waals surface area contributed by atoms with Crippen LogP contribution in [-0.2, 0) is 10.0 Å². The molecule has 0 radical (unpaired) electrons. The fourth-order valence-corrected chi connectivity index (χ4v) is 5.95. The number of anilines is 1. The van der Waals surface area contributed by atoms with Crippen LogP contribution in [0.15, 0.2) is 88.2 Å². The molecule has 0 saturated heterocycles. The number of aryl methyl sites for hydroxylation is 1. The molecule has 0 bridgehead atoms. The Kier molecular flexibility index (Phi) is 5.00. The van der Waals surface area contributed by atoms with Crippen molar-refractivity contribution in [2.45, 2.75) is 11.8 Å². The number of hydrogen-bond donors (Lipinski definition) is 1. The van der Waals surface area contributed by atoms with Crippen molar-refractivity contribution in [3.63, 3.8) is 0 Å². The number of nitrogens with two attached hydrogens (primary N) is 1. The summed E-state index contributed by atoms with van der Waals surface area (Å²) >= 11 is 3.43. The Labute approximate surface area is 199 Å². The van der Waals surface area contributed by atoms with Crippen LogP contribution in [0.2, 0.25) is 0 Å². The molecule has 5 nitrogen and oxygen atoms in total. The maximum Gasteiger partial charge on any atom is 0.268 e. The zero-order chi connectivity index (χ0) is 23.3. The lowest BCUT2D eigenvalue weighted by molar-refractivity contribution is 0.590. The lowest BCUT2D eigenvalue weighted by Gasteiger charge is -2.13. The first-order chi connectivity index (χ1) is 15.8. The van der Waals surface area contributed by atoms with Gasteiger partial charge in [0.15, 0.2) is 0 Å². The smallest absolute Gasteiger partial charge is 0.268 e.